The average Bonchev–Trinajstić information content (AvgIpc) is 2.41. The Hall–Kier alpha value is -2.31. The molecule has 2 rings (SSSR count). The predicted octanol–water partition coefficient (Wildman–Crippen LogP) is 3.77. The number of aryl methyl sites for hydroxylation is 1. The van der Waals surface area contributed by atoms with Gasteiger partial charge in [0.05, 0.1) is 11.3 Å². The lowest BCUT2D eigenvalue weighted by molar-refractivity contribution is 0.102. The Labute approximate surface area is 116 Å². The largest absolute Gasteiger partial charge is 0.321 e. The van der Waals surface area contributed by atoms with E-state index in [1.807, 2.05) is 13.0 Å². The van der Waals surface area contributed by atoms with Gasteiger partial charge in [-0.2, -0.15) is 5.26 Å². The molecular formula is C15H11ClN2O. The fourth-order valence-electron chi connectivity index (χ4n) is 1.66. The van der Waals surface area contributed by atoms with E-state index in [0.29, 0.717) is 21.8 Å². The number of halogens is 1. The lowest BCUT2D eigenvalue weighted by atomic mass is 10.1. The van der Waals surface area contributed by atoms with Crippen LogP contribution in [0.1, 0.15) is 21.5 Å². The third-order valence-electron chi connectivity index (χ3n) is 2.65. The summed E-state index contributed by atoms with van der Waals surface area (Å²) in [4.78, 5) is 12.0. The molecule has 0 heterocycles. The molecule has 0 aliphatic rings. The Bertz CT molecular complexity index is 657. The number of nitrogens with zero attached hydrogens (tertiary/aromatic N) is 1. The number of nitriles is 1. The summed E-state index contributed by atoms with van der Waals surface area (Å²) in [6.07, 6.45) is 0. The molecule has 0 aromatic heterocycles. The molecule has 3 nitrogen and oxygen atoms in total. The minimum atomic E-state index is -0.267. The summed E-state index contributed by atoms with van der Waals surface area (Å²) in [5.41, 5.74) is 2.42. The maximum Gasteiger partial charge on any atom is 0.255 e. The summed E-state index contributed by atoms with van der Waals surface area (Å²) in [5.74, 6) is -0.267. The van der Waals surface area contributed by atoms with E-state index in [9.17, 15) is 4.79 Å². The van der Waals surface area contributed by atoms with Crippen LogP contribution < -0.4 is 5.32 Å². The number of benzene rings is 2. The first-order chi connectivity index (χ1) is 9.10. The fraction of sp³-hybridized carbons (Fsp3) is 0.0667. The van der Waals surface area contributed by atoms with E-state index in [1.165, 1.54) is 0 Å². The number of nitrogens with one attached hydrogen (secondary N) is 1. The van der Waals surface area contributed by atoms with Crippen molar-refractivity contribution in [3.8, 4) is 6.07 Å². The van der Waals surface area contributed by atoms with Crippen molar-refractivity contribution in [3.63, 3.8) is 0 Å². The molecule has 1 N–H and O–H groups in total. The molecule has 94 valence electrons. The Morgan fingerprint density at radius 3 is 2.53 bits per heavy atom. The van der Waals surface area contributed by atoms with Gasteiger partial charge in [0.25, 0.3) is 5.91 Å². The third kappa shape index (κ3) is 3.12. The number of hydrogen-bond acceptors (Lipinski definition) is 2. The number of carbonyl (C=O) groups excluding carboxylic acids is 1. The highest BCUT2D eigenvalue weighted by molar-refractivity contribution is 6.30. The first-order valence-corrected chi connectivity index (χ1v) is 6.05. The smallest absolute Gasteiger partial charge is 0.255 e. The van der Waals surface area contributed by atoms with Crippen molar-refractivity contribution in [3.05, 3.63) is 64.2 Å². The molecule has 4 heteroatoms. The summed E-state index contributed by atoms with van der Waals surface area (Å²) in [6, 6.07) is 13.9. The van der Waals surface area contributed by atoms with Crippen LogP contribution in [0.2, 0.25) is 5.02 Å². The van der Waals surface area contributed by atoms with Crippen LogP contribution in [-0.2, 0) is 0 Å². The molecule has 2 aromatic rings. The van der Waals surface area contributed by atoms with Crippen molar-refractivity contribution in [1.82, 2.24) is 0 Å². The highest BCUT2D eigenvalue weighted by atomic mass is 35.5. The molecule has 2 aromatic carbocycles. The van der Waals surface area contributed by atoms with E-state index in [1.54, 1.807) is 36.4 Å². The number of carbonyl (C=O) groups is 1. The van der Waals surface area contributed by atoms with Gasteiger partial charge in [0, 0.05) is 10.6 Å². The Balaban J connectivity index is 2.24. The van der Waals surface area contributed by atoms with E-state index in [2.05, 4.69) is 11.4 Å². The zero-order valence-electron chi connectivity index (χ0n) is 10.3. The average molecular weight is 271 g/mol. The lowest BCUT2D eigenvalue weighted by Crippen LogP contribution is -2.12. The lowest BCUT2D eigenvalue weighted by Gasteiger charge is -2.07. The molecular weight excluding hydrogens is 260 g/mol. The van der Waals surface area contributed by atoms with E-state index in [-0.39, 0.29) is 5.91 Å². The van der Waals surface area contributed by atoms with Crippen molar-refractivity contribution < 1.29 is 4.79 Å². The van der Waals surface area contributed by atoms with Gasteiger partial charge in [-0.05, 0) is 48.9 Å². The molecule has 0 aliphatic heterocycles. The zero-order valence-corrected chi connectivity index (χ0v) is 11.0. The molecule has 0 saturated carbocycles. The number of rotatable bonds is 2. The second-order valence-corrected chi connectivity index (χ2v) is 4.56. The molecule has 0 atom stereocenters. The van der Waals surface area contributed by atoms with Crippen LogP contribution in [0.25, 0.3) is 0 Å². The summed E-state index contributed by atoms with van der Waals surface area (Å²) in [5, 5.41) is 12.3. The first kappa shape index (κ1) is 13.1. The monoisotopic (exact) mass is 270 g/mol. The molecule has 0 radical (unpaired) electrons. The topological polar surface area (TPSA) is 52.9 Å². The Morgan fingerprint density at radius 1 is 1.21 bits per heavy atom. The van der Waals surface area contributed by atoms with Gasteiger partial charge in [-0.1, -0.05) is 17.7 Å². The van der Waals surface area contributed by atoms with E-state index in [4.69, 9.17) is 16.9 Å². The number of anilines is 1. The predicted molar refractivity (Wildman–Crippen MR) is 75.3 cm³/mol. The minimum Gasteiger partial charge on any atom is -0.321 e. The second-order valence-electron chi connectivity index (χ2n) is 4.12. The van der Waals surface area contributed by atoms with Crippen molar-refractivity contribution in [2.75, 3.05) is 5.32 Å². The van der Waals surface area contributed by atoms with Gasteiger partial charge in [-0.3, -0.25) is 4.79 Å². The molecule has 0 aliphatic carbocycles. The van der Waals surface area contributed by atoms with Crippen molar-refractivity contribution >= 4 is 23.2 Å². The van der Waals surface area contributed by atoms with Gasteiger partial charge in [0.2, 0.25) is 0 Å². The third-order valence-corrected chi connectivity index (χ3v) is 2.90. The number of hydrogen-bond donors (Lipinski definition) is 1. The van der Waals surface area contributed by atoms with E-state index < -0.39 is 0 Å². The fourth-order valence-corrected chi connectivity index (χ4v) is 1.78. The molecule has 0 fully saturated rings. The zero-order chi connectivity index (χ0) is 13.8. The summed E-state index contributed by atoms with van der Waals surface area (Å²) >= 11 is 5.77. The van der Waals surface area contributed by atoms with Crippen molar-refractivity contribution in [2.24, 2.45) is 0 Å². The quantitative estimate of drug-likeness (QED) is 0.903. The maximum absolute atomic E-state index is 12.0. The van der Waals surface area contributed by atoms with Crippen molar-refractivity contribution in [2.45, 2.75) is 6.92 Å². The summed E-state index contributed by atoms with van der Waals surface area (Å²) in [6.45, 7) is 1.89. The Kier molecular flexibility index (Phi) is 3.84. The summed E-state index contributed by atoms with van der Waals surface area (Å²) in [7, 11) is 0. The van der Waals surface area contributed by atoms with Crippen molar-refractivity contribution in [1.29, 1.82) is 5.26 Å². The molecule has 0 spiro atoms. The second kappa shape index (κ2) is 5.55. The van der Waals surface area contributed by atoms with Gasteiger partial charge in [0.15, 0.2) is 0 Å². The molecule has 0 unspecified atom stereocenters. The molecule has 1 amide bonds. The van der Waals surface area contributed by atoms with Gasteiger partial charge in [0.1, 0.15) is 6.07 Å². The van der Waals surface area contributed by atoms with Gasteiger partial charge in [-0.15, -0.1) is 0 Å². The van der Waals surface area contributed by atoms with Crippen LogP contribution >= 0.6 is 11.6 Å². The maximum atomic E-state index is 12.0. The molecule has 19 heavy (non-hydrogen) atoms. The SMILES string of the molecule is Cc1ccc(NC(=O)c2ccc(Cl)cc2)c(C#N)c1. The van der Waals surface area contributed by atoms with Crippen LogP contribution in [0, 0.1) is 18.3 Å². The standard InChI is InChI=1S/C15H11ClN2O/c1-10-2-7-14(12(8-10)9-17)18-15(19)11-3-5-13(16)6-4-11/h2-8H,1H3,(H,18,19). The van der Waals surface area contributed by atoms with E-state index in [0.717, 1.165) is 5.56 Å². The number of amides is 1. The van der Waals surface area contributed by atoms with Crippen LogP contribution in [-0.4, -0.2) is 5.91 Å². The van der Waals surface area contributed by atoms with Gasteiger partial charge in [-0.25, -0.2) is 0 Å². The van der Waals surface area contributed by atoms with Gasteiger partial charge < -0.3 is 5.32 Å². The van der Waals surface area contributed by atoms with Crippen LogP contribution in [0.4, 0.5) is 5.69 Å². The highest BCUT2D eigenvalue weighted by Crippen LogP contribution is 2.18. The first-order valence-electron chi connectivity index (χ1n) is 5.68. The van der Waals surface area contributed by atoms with Crippen LogP contribution in [0.3, 0.4) is 0 Å². The van der Waals surface area contributed by atoms with Crippen LogP contribution in [0.15, 0.2) is 42.5 Å². The molecule has 0 saturated heterocycles. The summed E-state index contributed by atoms with van der Waals surface area (Å²) < 4.78 is 0. The normalized spacial score (nSPS) is 9.74. The van der Waals surface area contributed by atoms with Crippen LogP contribution in [0.5, 0.6) is 0 Å². The van der Waals surface area contributed by atoms with E-state index >= 15 is 0 Å². The van der Waals surface area contributed by atoms with Gasteiger partial charge >= 0.3 is 0 Å². The molecule has 0 bridgehead atoms. The minimum absolute atomic E-state index is 0.267. The Morgan fingerprint density at radius 2 is 1.89 bits per heavy atom. The highest BCUT2D eigenvalue weighted by Gasteiger charge is 2.09.